The molecule has 1 aromatic rings. The Kier molecular flexibility index (Phi) is 2.53. The van der Waals surface area contributed by atoms with Gasteiger partial charge in [-0.2, -0.15) is 0 Å². The minimum absolute atomic E-state index is 0.0358. The molecule has 2 aliphatic rings. The Morgan fingerprint density at radius 2 is 1.59 bits per heavy atom. The zero-order valence-corrected chi connectivity index (χ0v) is 9.35. The molecular weight excluding hydrogens is 227 g/mol. The lowest BCUT2D eigenvalue weighted by molar-refractivity contribution is 0.491. The summed E-state index contributed by atoms with van der Waals surface area (Å²) < 4.78 is 39.6. The maximum absolute atomic E-state index is 13.5. The molecule has 0 amide bonds. The maximum Gasteiger partial charge on any atom is 0.182 e. The van der Waals surface area contributed by atoms with Crippen molar-refractivity contribution in [3.63, 3.8) is 0 Å². The van der Waals surface area contributed by atoms with Crippen LogP contribution in [0.3, 0.4) is 0 Å². The molecule has 0 atom stereocenters. The van der Waals surface area contributed by atoms with Gasteiger partial charge in [-0.05, 0) is 37.5 Å². The van der Waals surface area contributed by atoms with E-state index in [1.807, 2.05) is 0 Å². The first-order chi connectivity index (χ1) is 8.15. The van der Waals surface area contributed by atoms with Crippen LogP contribution in [0.5, 0.6) is 0 Å². The molecule has 0 spiro atoms. The molecule has 1 nitrogen and oxygen atoms in total. The van der Waals surface area contributed by atoms with Crippen LogP contribution in [0.4, 0.5) is 18.9 Å². The van der Waals surface area contributed by atoms with E-state index in [1.165, 1.54) is 0 Å². The van der Waals surface area contributed by atoms with Crippen LogP contribution in [0.25, 0.3) is 0 Å². The predicted molar refractivity (Wildman–Crippen MR) is 59.2 cm³/mol. The van der Waals surface area contributed by atoms with Crippen LogP contribution in [-0.2, 0) is 0 Å². The van der Waals surface area contributed by atoms with Crippen LogP contribution in [0.2, 0.25) is 0 Å². The number of halogens is 3. The first-order valence-corrected chi connectivity index (χ1v) is 6.06. The highest BCUT2D eigenvalue weighted by Crippen LogP contribution is 2.46. The molecule has 92 valence electrons. The largest absolute Gasteiger partial charge is 0.379 e. The van der Waals surface area contributed by atoms with Crippen molar-refractivity contribution in [2.45, 2.75) is 31.7 Å². The van der Waals surface area contributed by atoms with Crippen LogP contribution in [0.15, 0.2) is 12.1 Å². The van der Waals surface area contributed by atoms with Crippen LogP contribution in [0.1, 0.15) is 25.7 Å². The van der Waals surface area contributed by atoms with E-state index in [9.17, 15) is 13.2 Å². The lowest BCUT2D eigenvalue weighted by atomic mass is 10.1. The van der Waals surface area contributed by atoms with Gasteiger partial charge in [0.15, 0.2) is 11.6 Å². The van der Waals surface area contributed by atoms with E-state index in [0.29, 0.717) is 17.9 Å². The van der Waals surface area contributed by atoms with Gasteiger partial charge in [-0.1, -0.05) is 0 Å². The van der Waals surface area contributed by atoms with Crippen molar-refractivity contribution in [3.8, 4) is 0 Å². The van der Waals surface area contributed by atoms with Crippen molar-refractivity contribution in [1.29, 1.82) is 0 Å². The van der Waals surface area contributed by atoms with E-state index < -0.39 is 17.5 Å². The Morgan fingerprint density at radius 3 is 2.12 bits per heavy atom. The van der Waals surface area contributed by atoms with Gasteiger partial charge in [-0.15, -0.1) is 0 Å². The van der Waals surface area contributed by atoms with Crippen LogP contribution >= 0.6 is 0 Å². The van der Waals surface area contributed by atoms with Crippen molar-refractivity contribution >= 4 is 5.69 Å². The molecular formula is C13H14F3N. The fourth-order valence-electron chi connectivity index (χ4n) is 2.37. The molecule has 0 saturated heterocycles. The summed E-state index contributed by atoms with van der Waals surface area (Å²) >= 11 is 0. The minimum Gasteiger partial charge on any atom is -0.379 e. The third-order valence-corrected chi connectivity index (χ3v) is 3.57. The van der Waals surface area contributed by atoms with E-state index in [4.69, 9.17) is 0 Å². The molecule has 0 heterocycles. The summed E-state index contributed by atoms with van der Waals surface area (Å²) in [5, 5.41) is 3.00. The smallest absolute Gasteiger partial charge is 0.182 e. The summed E-state index contributed by atoms with van der Waals surface area (Å²) in [4.78, 5) is 0. The van der Waals surface area contributed by atoms with Gasteiger partial charge in [0.2, 0.25) is 0 Å². The molecule has 1 N–H and O–H groups in total. The average Bonchev–Trinajstić information content (AvgIpc) is 3.15. The molecule has 2 saturated carbocycles. The first kappa shape index (κ1) is 10.9. The molecule has 17 heavy (non-hydrogen) atoms. The molecule has 0 aliphatic heterocycles. The molecule has 2 fully saturated rings. The lowest BCUT2D eigenvalue weighted by Crippen LogP contribution is -2.25. The number of hydrogen-bond acceptors (Lipinski definition) is 1. The average molecular weight is 241 g/mol. The predicted octanol–water partition coefficient (Wildman–Crippen LogP) is 3.70. The van der Waals surface area contributed by atoms with Crippen LogP contribution in [-0.4, -0.2) is 6.04 Å². The Hall–Kier alpha value is -1.19. The summed E-state index contributed by atoms with van der Waals surface area (Å²) in [6, 6.07) is 1.80. The van der Waals surface area contributed by atoms with E-state index in [0.717, 1.165) is 31.7 Å². The second-order valence-electron chi connectivity index (χ2n) is 5.09. The Labute approximate surface area is 98.0 Å². The highest BCUT2D eigenvalue weighted by molar-refractivity contribution is 5.47. The van der Waals surface area contributed by atoms with Gasteiger partial charge in [-0.3, -0.25) is 0 Å². The number of rotatable bonds is 4. The van der Waals surface area contributed by atoms with Crippen LogP contribution < -0.4 is 5.32 Å². The Balaban J connectivity index is 1.83. The number of hydrogen-bond donors (Lipinski definition) is 1. The second-order valence-corrected chi connectivity index (χ2v) is 5.09. The summed E-state index contributed by atoms with van der Waals surface area (Å²) in [6.07, 6.45) is 4.53. The van der Waals surface area contributed by atoms with Crippen LogP contribution in [0, 0.1) is 29.3 Å². The maximum atomic E-state index is 13.5. The molecule has 0 radical (unpaired) electrons. The fourth-order valence-corrected chi connectivity index (χ4v) is 2.37. The summed E-state index contributed by atoms with van der Waals surface area (Å²) in [6.45, 7) is 0. The molecule has 0 unspecified atom stereocenters. The molecule has 0 bridgehead atoms. The van der Waals surface area contributed by atoms with E-state index in [-0.39, 0.29) is 11.7 Å². The standard InChI is InChI=1S/C13H14F3N/c14-9-5-10(15)12(16)11(6-9)17-13(7-1-2-7)8-3-4-8/h5-8,13,17H,1-4H2. The van der Waals surface area contributed by atoms with Crippen molar-refractivity contribution in [2.24, 2.45) is 11.8 Å². The fraction of sp³-hybridized carbons (Fsp3) is 0.538. The third kappa shape index (κ3) is 2.26. The highest BCUT2D eigenvalue weighted by atomic mass is 19.2. The van der Waals surface area contributed by atoms with Crippen molar-refractivity contribution in [1.82, 2.24) is 0 Å². The topological polar surface area (TPSA) is 12.0 Å². The van der Waals surface area contributed by atoms with E-state index in [2.05, 4.69) is 5.32 Å². The van der Waals surface area contributed by atoms with Crippen molar-refractivity contribution < 1.29 is 13.2 Å². The van der Waals surface area contributed by atoms with Gasteiger partial charge in [0, 0.05) is 18.2 Å². The molecule has 4 heteroatoms. The van der Waals surface area contributed by atoms with E-state index in [1.54, 1.807) is 0 Å². The normalized spacial score (nSPS) is 19.8. The third-order valence-electron chi connectivity index (χ3n) is 3.57. The van der Waals surface area contributed by atoms with Crippen molar-refractivity contribution in [3.05, 3.63) is 29.6 Å². The molecule has 0 aromatic heterocycles. The number of benzene rings is 1. The molecule has 2 aliphatic carbocycles. The lowest BCUT2D eigenvalue weighted by Gasteiger charge is -2.19. The zero-order valence-electron chi connectivity index (χ0n) is 9.35. The van der Waals surface area contributed by atoms with E-state index >= 15 is 0 Å². The SMILES string of the molecule is Fc1cc(F)c(F)c(NC(C2CC2)C2CC2)c1. The highest BCUT2D eigenvalue weighted by Gasteiger charge is 2.41. The quantitative estimate of drug-likeness (QED) is 0.792. The summed E-state index contributed by atoms with van der Waals surface area (Å²) in [5.41, 5.74) is -0.0358. The van der Waals surface area contributed by atoms with Gasteiger partial charge >= 0.3 is 0 Å². The van der Waals surface area contributed by atoms with Gasteiger partial charge in [0.05, 0.1) is 5.69 Å². The summed E-state index contributed by atoms with van der Waals surface area (Å²) in [5.74, 6) is -1.74. The Bertz CT molecular complexity index is 427. The zero-order chi connectivity index (χ0) is 12.0. The Morgan fingerprint density at radius 1 is 1.00 bits per heavy atom. The van der Waals surface area contributed by atoms with Gasteiger partial charge < -0.3 is 5.32 Å². The van der Waals surface area contributed by atoms with Gasteiger partial charge in [0.25, 0.3) is 0 Å². The molecule has 1 aromatic carbocycles. The van der Waals surface area contributed by atoms with Gasteiger partial charge in [-0.25, -0.2) is 13.2 Å². The minimum atomic E-state index is -1.13. The van der Waals surface area contributed by atoms with Crippen molar-refractivity contribution in [2.75, 3.05) is 5.32 Å². The molecule has 3 rings (SSSR count). The monoisotopic (exact) mass is 241 g/mol. The van der Waals surface area contributed by atoms with Gasteiger partial charge in [0.1, 0.15) is 5.82 Å². The second kappa shape index (κ2) is 3.93. The number of nitrogens with one attached hydrogen (secondary N) is 1. The first-order valence-electron chi connectivity index (χ1n) is 6.06. The summed E-state index contributed by atoms with van der Waals surface area (Å²) in [7, 11) is 0. The number of anilines is 1.